The summed E-state index contributed by atoms with van der Waals surface area (Å²) in [5.74, 6) is 2.59. The third-order valence-electron chi connectivity index (χ3n) is 4.12. The average molecular weight is 673 g/mol. The molecule has 0 radical (unpaired) electrons. The van der Waals surface area contributed by atoms with Crippen LogP contribution in [0.2, 0.25) is 0 Å². The Morgan fingerprint density at radius 3 is 1.77 bits per heavy atom. The van der Waals surface area contributed by atoms with Gasteiger partial charge in [-0.3, -0.25) is 0 Å². The summed E-state index contributed by atoms with van der Waals surface area (Å²) >= 11 is -11.3. The number of hydrogen-bond donors (Lipinski definition) is 0. The van der Waals surface area contributed by atoms with Crippen molar-refractivity contribution in [3.63, 3.8) is 0 Å². The van der Waals surface area contributed by atoms with Crippen LogP contribution >= 0.6 is 0 Å². The molecule has 0 aliphatic heterocycles. The van der Waals surface area contributed by atoms with Crippen LogP contribution in [0.1, 0.15) is 46.5 Å². The van der Waals surface area contributed by atoms with E-state index in [0.29, 0.717) is 0 Å². The van der Waals surface area contributed by atoms with Crippen molar-refractivity contribution in [2.24, 2.45) is 11.8 Å². The van der Waals surface area contributed by atoms with Crippen LogP contribution in [0.5, 0.6) is 5.75 Å². The average Bonchev–Trinajstić information content (AvgIpc) is 2.61. The van der Waals surface area contributed by atoms with Crippen molar-refractivity contribution in [2.45, 2.75) is 46.5 Å². The van der Waals surface area contributed by atoms with Gasteiger partial charge in [0.25, 0.3) is 0 Å². The molecule has 0 saturated heterocycles. The van der Waals surface area contributed by atoms with E-state index in [1.807, 2.05) is 0 Å². The summed E-state index contributed by atoms with van der Waals surface area (Å²) in [5.41, 5.74) is 0. The van der Waals surface area contributed by atoms with Crippen molar-refractivity contribution in [3.8, 4) is 5.75 Å². The van der Waals surface area contributed by atoms with Crippen molar-refractivity contribution in [2.75, 3.05) is 6.61 Å². The molecule has 0 aliphatic carbocycles. The molecule has 0 bridgehead atoms. The van der Waals surface area contributed by atoms with Crippen LogP contribution in [0.4, 0.5) is 16.9 Å². The summed E-state index contributed by atoms with van der Waals surface area (Å²) in [4.78, 5) is 0. The molecule has 0 aromatic heterocycles. The van der Waals surface area contributed by atoms with Crippen molar-refractivity contribution < 1.29 is 42.8 Å². The van der Waals surface area contributed by atoms with Gasteiger partial charge in [-0.1, -0.05) is 58.2 Å². The van der Waals surface area contributed by atoms with Gasteiger partial charge in [0.2, 0.25) is 0 Å². The first-order valence-corrected chi connectivity index (χ1v) is 18.0. The molecule has 0 fully saturated rings. The maximum absolute atomic E-state index is 11.2. The summed E-state index contributed by atoms with van der Waals surface area (Å²) in [6.07, 6.45) is 5.16. The first kappa shape index (κ1) is 28.4. The second kappa shape index (κ2) is 11.5. The van der Waals surface area contributed by atoms with Gasteiger partial charge in [0, 0.05) is 0 Å². The standard InChI is InChI=1S/C22H30IO.6FH.Sb/c1-18(2)8-7-9-19(3)16-17-24-22-14-12-21(13-15-22)23-20-10-5-4-6-11-20;;;;;;;/h4-6,10-15,18-19H,7-9,16-17H2,1-3H3;6*1H;/q+1;;;;;;;+5/p-6. The molecule has 1 atom stereocenters. The normalized spacial score (nSPS) is 14.8. The second-order valence-electron chi connectivity index (χ2n) is 7.87. The second-order valence-corrected chi connectivity index (χ2v) is 16.4. The number of benzene rings is 2. The van der Waals surface area contributed by atoms with E-state index in [1.54, 1.807) is 0 Å². The van der Waals surface area contributed by atoms with Gasteiger partial charge >= 0.3 is 57.6 Å². The fourth-order valence-electron chi connectivity index (χ4n) is 2.59. The molecule has 31 heavy (non-hydrogen) atoms. The van der Waals surface area contributed by atoms with Crippen molar-refractivity contribution in [1.82, 2.24) is 0 Å². The molecule has 0 spiro atoms. The van der Waals surface area contributed by atoms with Crippen LogP contribution in [0.3, 0.4) is 0 Å². The van der Waals surface area contributed by atoms with Gasteiger partial charge in [0.1, 0.15) is 5.75 Å². The number of rotatable bonds is 10. The fourth-order valence-corrected chi connectivity index (χ4v) is 4.81. The van der Waals surface area contributed by atoms with Gasteiger partial charge in [-0.2, -0.15) is 0 Å². The molecule has 2 aromatic rings. The topological polar surface area (TPSA) is 9.23 Å². The summed E-state index contributed by atoms with van der Waals surface area (Å²) in [5, 5.41) is 0. The first-order chi connectivity index (χ1) is 14.1. The maximum atomic E-state index is 9.93. The van der Waals surface area contributed by atoms with E-state index in [4.69, 9.17) is 4.74 Å². The van der Waals surface area contributed by atoms with E-state index in [2.05, 4.69) is 75.4 Å². The van der Waals surface area contributed by atoms with Gasteiger partial charge in [0.15, 0.2) is 7.14 Å². The first-order valence-electron chi connectivity index (χ1n) is 10.1. The molecule has 1 nitrogen and oxygen atoms in total. The molecular weight excluding hydrogens is 643 g/mol. The van der Waals surface area contributed by atoms with Crippen LogP contribution in [-0.2, 0) is 0 Å². The molecule has 0 saturated carbocycles. The monoisotopic (exact) mass is 672 g/mol. The molecule has 9 heteroatoms. The van der Waals surface area contributed by atoms with Gasteiger partial charge in [-0.25, -0.2) is 0 Å². The predicted octanol–water partition coefficient (Wildman–Crippen LogP) is 5.19. The van der Waals surface area contributed by atoms with Crippen molar-refractivity contribution in [3.05, 3.63) is 61.7 Å². The zero-order chi connectivity index (χ0) is 23.6. The van der Waals surface area contributed by atoms with Gasteiger partial charge in [0.05, 0.1) is 6.61 Å². The molecule has 0 aliphatic rings. The van der Waals surface area contributed by atoms with Gasteiger partial charge in [-0.05, 0) is 54.7 Å². The van der Waals surface area contributed by atoms with Crippen molar-refractivity contribution >= 4 is 19.5 Å². The number of halogens is 7. The van der Waals surface area contributed by atoms with E-state index < -0.39 is 19.5 Å². The van der Waals surface area contributed by atoms with E-state index in [1.165, 1.54) is 26.4 Å². The zero-order valence-electron chi connectivity index (χ0n) is 17.9. The Balaban J connectivity index is 0.000000592. The zero-order valence-corrected chi connectivity index (χ0v) is 22.6. The minimum atomic E-state index is -11.2. The Morgan fingerprint density at radius 2 is 1.26 bits per heavy atom. The number of hydrogen-bond acceptors (Lipinski definition) is 1. The molecule has 0 N–H and O–H groups in total. The predicted molar refractivity (Wildman–Crippen MR) is 111 cm³/mol. The molecule has 0 amide bonds. The van der Waals surface area contributed by atoms with E-state index in [-0.39, 0.29) is 21.2 Å². The summed E-state index contributed by atoms with van der Waals surface area (Å²) in [7, 11) is 0. The van der Waals surface area contributed by atoms with Crippen LogP contribution < -0.4 is 25.9 Å². The molecule has 178 valence electrons. The van der Waals surface area contributed by atoms with E-state index in [9.17, 15) is 16.9 Å². The Labute approximate surface area is 193 Å². The summed E-state index contributed by atoms with van der Waals surface area (Å²) < 4.78 is 68.4. The Morgan fingerprint density at radius 1 is 0.742 bits per heavy atom. The van der Waals surface area contributed by atoms with E-state index >= 15 is 0 Å². The van der Waals surface area contributed by atoms with E-state index in [0.717, 1.165) is 30.6 Å². The van der Waals surface area contributed by atoms with Crippen LogP contribution in [-0.4, -0.2) is 26.1 Å². The minimum absolute atomic E-state index is 0.0767. The Kier molecular flexibility index (Phi) is 10.5. The molecule has 0 heterocycles. The molecule has 1 unspecified atom stereocenters. The third kappa shape index (κ3) is 19.8. The molecular formula is C22H30F6IOSb. The quantitative estimate of drug-likeness (QED) is 0.192. The summed E-state index contributed by atoms with van der Waals surface area (Å²) in [6, 6.07) is 19.5. The summed E-state index contributed by atoms with van der Waals surface area (Å²) in [6.45, 7) is 7.78. The van der Waals surface area contributed by atoms with Gasteiger partial charge in [-0.15, -0.1) is 0 Å². The Bertz CT molecular complexity index is 753. The van der Waals surface area contributed by atoms with Gasteiger partial charge < -0.3 is 4.74 Å². The van der Waals surface area contributed by atoms with Crippen LogP contribution in [0.15, 0.2) is 54.6 Å². The molecule has 2 aromatic carbocycles. The molecule has 2 rings (SSSR count). The Hall–Kier alpha value is -0.632. The SMILES string of the molecule is CC(C)CCCC(C)CCOc1ccc([I+]c2ccccc2)cc1.[F][Sb-]([F])([F])([F])([F])[F]. The third-order valence-corrected chi connectivity index (χ3v) is 6.81. The van der Waals surface area contributed by atoms with Crippen LogP contribution in [0, 0.1) is 19.0 Å². The number of ether oxygens (including phenoxy) is 1. The fraction of sp³-hybridized carbons (Fsp3) is 0.455. The van der Waals surface area contributed by atoms with Crippen molar-refractivity contribution in [1.29, 1.82) is 0 Å². The van der Waals surface area contributed by atoms with Crippen LogP contribution in [0.25, 0.3) is 0 Å².